The third-order valence-corrected chi connectivity index (χ3v) is 12.7. The van der Waals surface area contributed by atoms with Gasteiger partial charge in [-0.25, -0.2) is 0 Å². The van der Waals surface area contributed by atoms with Crippen LogP contribution in [0.3, 0.4) is 0 Å². The van der Waals surface area contributed by atoms with Gasteiger partial charge in [0.05, 0.1) is 19.8 Å². The molecule has 15 nitrogen and oxygen atoms in total. The first-order valence-corrected chi connectivity index (χ1v) is 26.4. The molecule has 0 saturated carbocycles. The third kappa shape index (κ3) is 27.8. The minimum Gasteiger partial charge on any atom is -0.462 e. The maximum Gasteiger partial charge on any atom is 0.306 e. The van der Waals surface area contributed by atoms with Crippen LogP contribution in [-0.2, 0) is 38.0 Å². The van der Waals surface area contributed by atoms with Gasteiger partial charge in [-0.1, -0.05) is 167 Å². The summed E-state index contributed by atoms with van der Waals surface area (Å²) < 4.78 is 33.4. The van der Waals surface area contributed by atoms with Gasteiger partial charge < -0.3 is 64.2 Å². The quantitative estimate of drug-likeness (QED) is 0.0178. The lowest BCUT2D eigenvalue weighted by molar-refractivity contribution is -0.332. The molecule has 0 radical (unpaired) electrons. The molecule has 0 aromatic carbocycles. The van der Waals surface area contributed by atoms with Crippen LogP contribution in [0.15, 0.2) is 24.3 Å². The van der Waals surface area contributed by atoms with Gasteiger partial charge in [0.1, 0.15) is 55.4 Å². The molecule has 2 rings (SSSR count). The summed E-state index contributed by atoms with van der Waals surface area (Å²) in [6.45, 7) is 2.52. The summed E-state index contributed by atoms with van der Waals surface area (Å²) in [6.07, 6.45) is 24.0. The minimum absolute atomic E-state index is 0.159. The molecule has 2 saturated heterocycles. The van der Waals surface area contributed by atoms with Crippen molar-refractivity contribution in [3.8, 4) is 0 Å². The topological polar surface area (TPSA) is 231 Å². The van der Waals surface area contributed by atoms with Crippen molar-refractivity contribution in [3.63, 3.8) is 0 Å². The lowest BCUT2D eigenvalue weighted by Crippen LogP contribution is -2.61. The van der Waals surface area contributed by atoms with E-state index in [0.717, 1.165) is 44.9 Å². The number of hydrogen-bond donors (Lipinski definition) is 7. The molecule has 2 aliphatic rings. The average molecular weight is 959 g/mol. The fourth-order valence-corrected chi connectivity index (χ4v) is 8.30. The number of rotatable bonds is 41. The number of ether oxygens (including phenoxy) is 6. The molecule has 392 valence electrons. The van der Waals surface area contributed by atoms with Gasteiger partial charge in [0.2, 0.25) is 0 Å². The summed E-state index contributed by atoms with van der Waals surface area (Å²) >= 11 is 0. The monoisotopic (exact) mass is 959 g/mol. The second-order valence-electron chi connectivity index (χ2n) is 18.7. The van der Waals surface area contributed by atoms with E-state index in [2.05, 4.69) is 38.2 Å². The zero-order valence-corrected chi connectivity index (χ0v) is 41.4. The summed E-state index contributed by atoms with van der Waals surface area (Å²) in [5.41, 5.74) is 0. The van der Waals surface area contributed by atoms with E-state index < -0.39 is 99.3 Å². The molecule has 0 aliphatic carbocycles. The van der Waals surface area contributed by atoms with Crippen LogP contribution in [0.25, 0.3) is 0 Å². The van der Waals surface area contributed by atoms with Crippen LogP contribution in [-0.4, -0.2) is 142 Å². The average Bonchev–Trinajstić information content (AvgIpc) is 3.32. The van der Waals surface area contributed by atoms with Crippen molar-refractivity contribution < 1.29 is 73.8 Å². The molecule has 0 amide bonds. The highest BCUT2D eigenvalue weighted by Crippen LogP contribution is 2.26. The molecule has 2 heterocycles. The van der Waals surface area contributed by atoms with Crippen molar-refractivity contribution in [2.75, 3.05) is 26.4 Å². The molecule has 67 heavy (non-hydrogen) atoms. The van der Waals surface area contributed by atoms with E-state index in [4.69, 9.17) is 28.4 Å². The van der Waals surface area contributed by atoms with Crippen molar-refractivity contribution in [2.24, 2.45) is 0 Å². The SMILES string of the molecule is CCCCCCCCCCCCCCCC/C=C/CC/C=C/CCCC(=O)OC[C@@H](CO[C@@H]1O[C@H](CO[C@@H]2O[C@H](CO)[C@H](O)C(O)C2O)[C@H](O)C(O)C1O)OC(=O)CCCCCCCCCC. The molecule has 0 spiro atoms. The van der Waals surface area contributed by atoms with Crippen LogP contribution >= 0.6 is 0 Å². The van der Waals surface area contributed by atoms with Crippen molar-refractivity contribution in [1.29, 1.82) is 0 Å². The van der Waals surface area contributed by atoms with Gasteiger partial charge in [-0.3, -0.25) is 9.59 Å². The predicted molar refractivity (Wildman–Crippen MR) is 257 cm³/mol. The van der Waals surface area contributed by atoms with E-state index in [9.17, 15) is 45.3 Å². The number of carbonyl (C=O) groups excluding carboxylic acids is 2. The van der Waals surface area contributed by atoms with Gasteiger partial charge in [0, 0.05) is 12.8 Å². The molecule has 0 aromatic heterocycles. The first kappa shape index (κ1) is 61.1. The first-order chi connectivity index (χ1) is 32.5. The van der Waals surface area contributed by atoms with Crippen molar-refractivity contribution >= 4 is 11.9 Å². The maximum absolute atomic E-state index is 12.9. The van der Waals surface area contributed by atoms with Gasteiger partial charge in [0.25, 0.3) is 0 Å². The van der Waals surface area contributed by atoms with E-state index in [1.807, 2.05) is 0 Å². The van der Waals surface area contributed by atoms with E-state index in [1.54, 1.807) is 0 Å². The van der Waals surface area contributed by atoms with Crippen LogP contribution in [0.1, 0.15) is 200 Å². The highest BCUT2D eigenvalue weighted by molar-refractivity contribution is 5.70. The molecular weight excluding hydrogens is 865 g/mol. The molecule has 4 unspecified atom stereocenters. The smallest absolute Gasteiger partial charge is 0.306 e. The summed E-state index contributed by atoms with van der Waals surface area (Å²) in [4.78, 5) is 25.6. The summed E-state index contributed by atoms with van der Waals surface area (Å²) in [5.74, 6) is -0.973. The van der Waals surface area contributed by atoms with E-state index in [1.165, 1.54) is 109 Å². The Morgan fingerprint density at radius 3 is 1.40 bits per heavy atom. The normalized spacial score (nSPS) is 26.1. The molecular formula is C52H94O15. The zero-order valence-electron chi connectivity index (χ0n) is 41.4. The highest BCUT2D eigenvalue weighted by Gasteiger charge is 2.47. The lowest BCUT2D eigenvalue weighted by Gasteiger charge is -2.42. The Hall–Kier alpha value is -2.02. The summed E-state index contributed by atoms with van der Waals surface area (Å²) in [7, 11) is 0. The van der Waals surface area contributed by atoms with E-state index in [-0.39, 0.29) is 19.4 Å². The van der Waals surface area contributed by atoms with Gasteiger partial charge >= 0.3 is 11.9 Å². The lowest BCUT2D eigenvalue weighted by atomic mass is 9.98. The number of aliphatic hydroxyl groups excluding tert-OH is 7. The Balaban J connectivity index is 1.73. The summed E-state index contributed by atoms with van der Waals surface area (Å²) in [6, 6.07) is 0. The number of hydrogen-bond acceptors (Lipinski definition) is 15. The Bertz CT molecular complexity index is 1270. The predicted octanol–water partition coefficient (Wildman–Crippen LogP) is 7.55. The number of esters is 2. The minimum atomic E-state index is -1.77. The van der Waals surface area contributed by atoms with Crippen LogP contribution in [0, 0.1) is 0 Å². The van der Waals surface area contributed by atoms with Crippen LogP contribution in [0.2, 0.25) is 0 Å². The standard InChI is InChI=1S/C52H94O15/c1-3-5-7-9-11-13-14-15-16-17-18-19-20-21-22-23-24-25-26-27-29-30-32-34-43(54)62-37-40(65-44(55)35-33-31-28-12-10-8-6-4-2)38-63-51-50(61)48(59)46(57)42(67-51)39-64-52-49(60)47(58)45(56)41(36-53)66-52/h23-24,27,29,40-42,45-53,56-61H,3-22,25-26,28,30-39H2,1-2H3/b24-23+,29-27+/t40-,41+,42+,45-,46-,47?,48?,49?,50?,51+,52+/m0/s1. The fraction of sp³-hybridized carbons (Fsp3) is 0.885. The molecule has 2 aliphatic heterocycles. The van der Waals surface area contributed by atoms with Gasteiger partial charge in [-0.05, 0) is 44.9 Å². The second kappa shape index (κ2) is 39.7. The molecule has 0 bridgehead atoms. The Morgan fingerprint density at radius 2 is 0.881 bits per heavy atom. The largest absolute Gasteiger partial charge is 0.462 e. The van der Waals surface area contributed by atoms with Gasteiger partial charge in [-0.2, -0.15) is 0 Å². The second-order valence-corrected chi connectivity index (χ2v) is 18.7. The first-order valence-electron chi connectivity index (χ1n) is 26.4. The summed E-state index contributed by atoms with van der Waals surface area (Å²) in [5, 5.41) is 71.9. The maximum atomic E-state index is 12.9. The van der Waals surface area contributed by atoms with E-state index >= 15 is 0 Å². The van der Waals surface area contributed by atoms with E-state index in [0.29, 0.717) is 19.3 Å². The van der Waals surface area contributed by atoms with Crippen molar-refractivity contribution in [2.45, 2.75) is 268 Å². The Kier molecular flexibility index (Phi) is 36.2. The van der Waals surface area contributed by atoms with Gasteiger partial charge in [-0.15, -0.1) is 0 Å². The molecule has 11 atom stereocenters. The van der Waals surface area contributed by atoms with Crippen molar-refractivity contribution in [1.82, 2.24) is 0 Å². The number of unbranched alkanes of at least 4 members (excludes halogenated alkanes) is 23. The van der Waals surface area contributed by atoms with Crippen molar-refractivity contribution in [3.05, 3.63) is 24.3 Å². The van der Waals surface area contributed by atoms with Gasteiger partial charge in [0.15, 0.2) is 18.7 Å². The number of allylic oxidation sites excluding steroid dienone is 4. The number of aliphatic hydroxyl groups is 7. The highest BCUT2D eigenvalue weighted by atomic mass is 16.7. The Labute approximate surface area is 403 Å². The molecule has 0 aromatic rings. The van der Waals surface area contributed by atoms with Crippen LogP contribution in [0.4, 0.5) is 0 Å². The van der Waals surface area contributed by atoms with Crippen LogP contribution in [0.5, 0.6) is 0 Å². The molecule has 2 fully saturated rings. The number of carbonyl (C=O) groups is 2. The molecule has 7 N–H and O–H groups in total. The zero-order chi connectivity index (χ0) is 48.9. The third-order valence-electron chi connectivity index (χ3n) is 12.7. The van der Waals surface area contributed by atoms with Crippen LogP contribution < -0.4 is 0 Å². The molecule has 15 heteroatoms. The fourth-order valence-electron chi connectivity index (χ4n) is 8.30. The Morgan fingerprint density at radius 1 is 0.463 bits per heavy atom.